The van der Waals surface area contributed by atoms with Gasteiger partial charge in [-0.05, 0) is 0 Å². The Labute approximate surface area is 83.7 Å². The van der Waals surface area contributed by atoms with Gasteiger partial charge in [-0.1, -0.05) is 11.3 Å². The Morgan fingerprint density at radius 2 is 2.64 bits per heavy atom. The Balaban J connectivity index is 1.90. The van der Waals surface area contributed by atoms with Crippen LogP contribution in [0.5, 0.6) is 0 Å². The fraction of sp³-hybridized carbons (Fsp3) is 0.571. The molecule has 2 N–H and O–H groups in total. The lowest BCUT2D eigenvalue weighted by atomic mass is 10.2. The van der Waals surface area contributed by atoms with Gasteiger partial charge in [-0.3, -0.25) is 10.1 Å². The van der Waals surface area contributed by atoms with Gasteiger partial charge in [0.05, 0.1) is 6.04 Å². The highest BCUT2D eigenvalue weighted by atomic mass is 32.1. The van der Waals surface area contributed by atoms with Crippen LogP contribution in [0.4, 0.5) is 9.52 Å². The molecular formula is C7H9FN4OS. The monoisotopic (exact) mass is 216 g/mol. The fourth-order valence-electron chi connectivity index (χ4n) is 1.31. The van der Waals surface area contributed by atoms with Crippen LogP contribution >= 0.6 is 11.3 Å². The van der Waals surface area contributed by atoms with Crippen LogP contribution in [-0.2, 0) is 4.79 Å². The van der Waals surface area contributed by atoms with Gasteiger partial charge in [0.1, 0.15) is 11.7 Å². The molecule has 2 heterocycles. The van der Waals surface area contributed by atoms with E-state index in [1.807, 2.05) is 0 Å². The van der Waals surface area contributed by atoms with Crippen LogP contribution in [0.15, 0.2) is 5.51 Å². The van der Waals surface area contributed by atoms with Crippen molar-refractivity contribution in [3.63, 3.8) is 0 Å². The Hall–Kier alpha value is -1.08. The van der Waals surface area contributed by atoms with Gasteiger partial charge in [-0.2, -0.15) is 0 Å². The summed E-state index contributed by atoms with van der Waals surface area (Å²) in [7, 11) is 0. The minimum Gasteiger partial charge on any atom is -0.303 e. The van der Waals surface area contributed by atoms with Crippen LogP contribution in [0.3, 0.4) is 0 Å². The lowest BCUT2D eigenvalue weighted by molar-refractivity contribution is -0.117. The molecule has 1 fully saturated rings. The van der Waals surface area contributed by atoms with E-state index in [0.29, 0.717) is 5.13 Å². The largest absolute Gasteiger partial charge is 0.303 e. The molecule has 0 aromatic carbocycles. The van der Waals surface area contributed by atoms with Crippen LogP contribution in [-0.4, -0.2) is 34.9 Å². The molecule has 1 amide bonds. The summed E-state index contributed by atoms with van der Waals surface area (Å²) in [6, 6.07) is -0.450. The molecule has 0 aliphatic carbocycles. The summed E-state index contributed by atoms with van der Waals surface area (Å²) in [5.74, 6) is -0.248. The molecule has 0 spiro atoms. The molecule has 2 atom stereocenters. The van der Waals surface area contributed by atoms with Crippen molar-refractivity contribution >= 4 is 22.4 Å². The second-order valence-electron chi connectivity index (χ2n) is 3.03. The number of hydrogen-bond donors (Lipinski definition) is 2. The fourth-order valence-corrected chi connectivity index (χ4v) is 1.76. The average molecular weight is 216 g/mol. The molecule has 1 saturated heterocycles. The number of amides is 1. The summed E-state index contributed by atoms with van der Waals surface area (Å²) in [6.45, 7) is 0.244. The number of anilines is 1. The van der Waals surface area contributed by atoms with Gasteiger partial charge in [-0.15, -0.1) is 10.2 Å². The highest BCUT2D eigenvalue weighted by Crippen LogP contribution is 2.13. The summed E-state index contributed by atoms with van der Waals surface area (Å²) in [5, 5.41) is 13.0. The maximum atomic E-state index is 12.7. The first-order valence-corrected chi connectivity index (χ1v) is 5.08. The maximum Gasteiger partial charge on any atom is 0.243 e. The smallest absolute Gasteiger partial charge is 0.243 e. The first-order valence-electron chi connectivity index (χ1n) is 4.20. The van der Waals surface area contributed by atoms with E-state index >= 15 is 0 Å². The van der Waals surface area contributed by atoms with E-state index < -0.39 is 12.2 Å². The number of aromatic nitrogens is 2. The van der Waals surface area contributed by atoms with Crippen molar-refractivity contribution in [3.8, 4) is 0 Å². The number of rotatable bonds is 2. The zero-order valence-electron chi connectivity index (χ0n) is 7.24. The highest BCUT2D eigenvalue weighted by Gasteiger charge is 2.29. The lowest BCUT2D eigenvalue weighted by Gasteiger charge is -2.07. The molecule has 5 nitrogen and oxygen atoms in total. The van der Waals surface area contributed by atoms with E-state index in [1.54, 1.807) is 0 Å². The van der Waals surface area contributed by atoms with Crippen molar-refractivity contribution in [2.45, 2.75) is 18.6 Å². The molecular weight excluding hydrogens is 207 g/mol. The van der Waals surface area contributed by atoms with Crippen molar-refractivity contribution in [2.24, 2.45) is 0 Å². The second-order valence-corrected chi connectivity index (χ2v) is 3.86. The lowest BCUT2D eigenvalue weighted by Crippen LogP contribution is -2.35. The minimum absolute atomic E-state index is 0.227. The van der Waals surface area contributed by atoms with Crippen molar-refractivity contribution in [1.29, 1.82) is 0 Å². The van der Waals surface area contributed by atoms with Gasteiger partial charge in [0.25, 0.3) is 0 Å². The molecule has 1 aliphatic rings. The van der Waals surface area contributed by atoms with E-state index in [2.05, 4.69) is 20.8 Å². The Morgan fingerprint density at radius 1 is 1.79 bits per heavy atom. The number of halogens is 1. The van der Waals surface area contributed by atoms with Gasteiger partial charge in [0, 0.05) is 13.0 Å². The van der Waals surface area contributed by atoms with Crippen LogP contribution in [0.1, 0.15) is 6.42 Å². The van der Waals surface area contributed by atoms with E-state index in [-0.39, 0.29) is 18.9 Å². The highest BCUT2D eigenvalue weighted by molar-refractivity contribution is 7.13. The van der Waals surface area contributed by atoms with Crippen molar-refractivity contribution in [2.75, 3.05) is 11.9 Å². The van der Waals surface area contributed by atoms with Gasteiger partial charge in [-0.25, -0.2) is 4.39 Å². The van der Waals surface area contributed by atoms with Gasteiger partial charge >= 0.3 is 0 Å². The number of nitrogens with one attached hydrogen (secondary N) is 2. The predicted molar refractivity (Wildman–Crippen MR) is 49.8 cm³/mol. The number of nitrogens with zero attached hydrogens (tertiary/aromatic N) is 2. The third-order valence-corrected chi connectivity index (χ3v) is 2.59. The minimum atomic E-state index is -0.930. The first-order chi connectivity index (χ1) is 6.75. The third-order valence-electron chi connectivity index (χ3n) is 1.98. The van der Waals surface area contributed by atoms with Crippen LogP contribution in [0.25, 0.3) is 0 Å². The number of carbonyl (C=O) groups is 1. The Morgan fingerprint density at radius 3 is 3.21 bits per heavy atom. The van der Waals surface area contributed by atoms with Crippen LogP contribution in [0, 0.1) is 0 Å². The average Bonchev–Trinajstić information content (AvgIpc) is 2.75. The quantitative estimate of drug-likeness (QED) is 0.740. The molecule has 7 heteroatoms. The van der Waals surface area contributed by atoms with Gasteiger partial charge < -0.3 is 5.32 Å². The topological polar surface area (TPSA) is 66.9 Å². The Kier molecular flexibility index (Phi) is 2.69. The predicted octanol–water partition coefficient (Wildman–Crippen LogP) is 0.177. The van der Waals surface area contributed by atoms with Gasteiger partial charge in [0.2, 0.25) is 11.0 Å². The standard InChI is InChI=1S/C7H9FN4OS/c8-4-1-5(9-2-4)6(13)11-7-12-10-3-14-7/h3-5,9H,1-2H2,(H,11,12,13)/t4-,5+/m0/s1. The summed E-state index contributed by atoms with van der Waals surface area (Å²) in [6.07, 6.45) is -0.704. The van der Waals surface area contributed by atoms with E-state index in [4.69, 9.17) is 0 Å². The second kappa shape index (κ2) is 3.97. The molecule has 76 valence electrons. The normalized spacial score (nSPS) is 26.4. The SMILES string of the molecule is O=C(Nc1nncs1)[C@H]1C[C@H](F)CN1. The molecule has 1 aromatic rings. The van der Waals surface area contributed by atoms with E-state index in [0.717, 1.165) is 0 Å². The van der Waals surface area contributed by atoms with Crippen molar-refractivity contribution in [1.82, 2.24) is 15.5 Å². The maximum absolute atomic E-state index is 12.7. The number of hydrogen-bond acceptors (Lipinski definition) is 5. The molecule has 0 unspecified atom stereocenters. The number of carbonyl (C=O) groups excluding carboxylic acids is 1. The Bertz CT molecular complexity index is 317. The summed E-state index contributed by atoms with van der Waals surface area (Å²) in [5.41, 5.74) is 1.52. The number of alkyl halides is 1. The van der Waals surface area contributed by atoms with Crippen molar-refractivity contribution in [3.05, 3.63) is 5.51 Å². The van der Waals surface area contributed by atoms with E-state index in [9.17, 15) is 9.18 Å². The zero-order chi connectivity index (χ0) is 9.97. The van der Waals surface area contributed by atoms with Gasteiger partial charge in [0.15, 0.2) is 0 Å². The molecule has 0 radical (unpaired) electrons. The molecule has 1 aliphatic heterocycles. The van der Waals surface area contributed by atoms with Crippen LogP contribution < -0.4 is 10.6 Å². The molecule has 1 aromatic heterocycles. The molecule has 2 rings (SSSR count). The molecule has 0 saturated carbocycles. The first kappa shape index (κ1) is 9.47. The van der Waals surface area contributed by atoms with Crippen molar-refractivity contribution < 1.29 is 9.18 Å². The van der Waals surface area contributed by atoms with E-state index in [1.165, 1.54) is 16.8 Å². The zero-order valence-corrected chi connectivity index (χ0v) is 8.05. The summed E-state index contributed by atoms with van der Waals surface area (Å²) >= 11 is 1.24. The molecule has 0 bridgehead atoms. The third kappa shape index (κ3) is 2.05. The summed E-state index contributed by atoms with van der Waals surface area (Å²) < 4.78 is 12.7. The van der Waals surface area contributed by atoms with Crippen LogP contribution in [0.2, 0.25) is 0 Å². The summed E-state index contributed by atoms with van der Waals surface area (Å²) in [4.78, 5) is 11.5. The molecule has 14 heavy (non-hydrogen) atoms.